The zero-order valence-corrected chi connectivity index (χ0v) is 12.2. The van der Waals surface area contributed by atoms with E-state index < -0.39 is 0 Å². The Hall–Kier alpha value is -1.13. The Kier molecular flexibility index (Phi) is 5.61. The number of allylic oxidation sites excluding steroid dienone is 2. The number of carbonyl (C=O) groups excluding carboxylic acids is 1. The van der Waals surface area contributed by atoms with Crippen molar-refractivity contribution in [2.75, 3.05) is 20.3 Å². The molecular formula is C15H21NO2S. The van der Waals surface area contributed by atoms with E-state index >= 15 is 0 Å². The second kappa shape index (κ2) is 7.46. The zero-order valence-electron chi connectivity index (χ0n) is 11.4. The third kappa shape index (κ3) is 4.48. The van der Waals surface area contributed by atoms with Gasteiger partial charge in [0, 0.05) is 25.0 Å². The molecule has 19 heavy (non-hydrogen) atoms. The smallest absolute Gasteiger partial charge is 0.223 e. The van der Waals surface area contributed by atoms with E-state index in [-0.39, 0.29) is 5.91 Å². The highest BCUT2D eigenvalue weighted by atomic mass is 32.1. The van der Waals surface area contributed by atoms with Crippen molar-refractivity contribution in [3.05, 3.63) is 34.5 Å². The minimum atomic E-state index is 0.238. The minimum absolute atomic E-state index is 0.238. The number of rotatable bonds is 7. The van der Waals surface area contributed by atoms with Crippen LogP contribution in [0.25, 0.3) is 0 Å². The molecule has 0 saturated carbocycles. The van der Waals surface area contributed by atoms with Crippen molar-refractivity contribution < 1.29 is 9.53 Å². The molecule has 1 aromatic rings. The Bertz CT molecular complexity index is 414. The summed E-state index contributed by atoms with van der Waals surface area (Å²) in [5.74, 6) is 0.669. The van der Waals surface area contributed by atoms with E-state index in [2.05, 4.69) is 18.2 Å². The second-order valence-electron chi connectivity index (χ2n) is 4.86. The van der Waals surface area contributed by atoms with Crippen LogP contribution in [0.1, 0.15) is 24.1 Å². The van der Waals surface area contributed by atoms with Crippen molar-refractivity contribution in [1.29, 1.82) is 0 Å². The van der Waals surface area contributed by atoms with Crippen LogP contribution in [0.4, 0.5) is 0 Å². The van der Waals surface area contributed by atoms with Crippen molar-refractivity contribution in [1.82, 2.24) is 4.90 Å². The predicted molar refractivity (Wildman–Crippen MR) is 78.1 cm³/mol. The molecule has 1 heterocycles. The van der Waals surface area contributed by atoms with Gasteiger partial charge in [0.05, 0.1) is 13.2 Å². The lowest BCUT2D eigenvalue weighted by Gasteiger charge is -2.23. The average Bonchev–Trinajstić information content (AvgIpc) is 3.07. The van der Waals surface area contributed by atoms with Crippen molar-refractivity contribution in [2.24, 2.45) is 5.92 Å². The topological polar surface area (TPSA) is 29.5 Å². The summed E-state index contributed by atoms with van der Waals surface area (Å²) in [5.41, 5.74) is 0. The molecule has 1 aliphatic rings. The molecule has 0 bridgehead atoms. The number of hydrogen-bond donors (Lipinski definition) is 0. The molecule has 0 N–H and O–H groups in total. The quantitative estimate of drug-likeness (QED) is 0.718. The molecule has 1 atom stereocenters. The first-order valence-electron chi connectivity index (χ1n) is 6.75. The van der Waals surface area contributed by atoms with Gasteiger partial charge in [-0.25, -0.2) is 0 Å². The van der Waals surface area contributed by atoms with Gasteiger partial charge >= 0.3 is 0 Å². The SMILES string of the molecule is COCCN(Cc1cccs1)C(=O)C[C@H]1C=CCC1. The molecule has 0 radical (unpaired) electrons. The normalized spacial score (nSPS) is 17.8. The van der Waals surface area contributed by atoms with Gasteiger partial charge in [-0.1, -0.05) is 18.2 Å². The van der Waals surface area contributed by atoms with Crippen LogP contribution >= 0.6 is 11.3 Å². The van der Waals surface area contributed by atoms with E-state index in [0.717, 1.165) is 12.8 Å². The first kappa shape index (κ1) is 14.3. The number of carbonyl (C=O) groups is 1. The molecule has 4 heteroatoms. The fourth-order valence-electron chi connectivity index (χ4n) is 2.30. The molecule has 1 aliphatic carbocycles. The van der Waals surface area contributed by atoms with E-state index in [1.54, 1.807) is 18.4 Å². The summed E-state index contributed by atoms with van der Waals surface area (Å²) in [6.45, 7) is 1.97. The van der Waals surface area contributed by atoms with Gasteiger partial charge in [-0.3, -0.25) is 4.79 Å². The molecular weight excluding hydrogens is 258 g/mol. The lowest BCUT2D eigenvalue weighted by molar-refractivity contribution is -0.133. The highest BCUT2D eigenvalue weighted by Gasteiger charge is 2.19. The average molecular weight is 279 g/mol. The van der Waals surface area contributed by atoms with Crippen LogP contribution in [-0.2, 0) is 16.1 Å². The number of amides is 1. The van der Waals surface area contributed by atoms with Gasteiger partial charge in [0.15, 0.2) is 0 Å². The van der Waals surface area contributed by atoms with E-state index in [1.165, 1.54) is 4.88 Å². The molecule has 104 valence electrons. The van der Waals surface area contributed by atoms with Gasteiger partial charge in [0.25, 0.3) is 0 Å². The Morgan fingerprint density at radius 2 is 2.47 bits per heavy atom. The lowest BCUT2D eigenvalue weighted by atomic mass is 10.0. The predicted octanol–water partition coefficient (Wildman–Crippen LogP) is 3.08. The molecule has 0 aliphatic heterocycles. The summed E-state index contributed by atoms with van der Waals surface area (Å²) < 4.78 is 5.11. The Morgan fingerprint density at radius 1 is 1.58 bits per heavy atom. The van der Waals surface area contributed by atoms with E-state index in [0.29, 0.717) is 32.0 Å². The molecule has 0 fully saturated rings. The Labute approximate surface area is 118 Å². The highest BCUT2D eigenvalue weighted by molar-refractivity contribution is 7.09. The van der Waals surface area contributed by atoms with Crippen LogP contribution in [0.15, 0.2) is 29.7 Å². The maximum atomic E-state index is 12.4. The molecule has 0 spiro atoms. The number of hydrogen-bond acceptors (Lipinski definition) is 3. The number of ether oxygens (including phenoxy) is 1. The van der Waals surface area contributed by atoms with E-state index in [4.69, 9.17) is 4.74 Å². The summed E-state index contributed by atoms with van der Waals surface area (Å²) in [6.07, 6.45) is 7.21. The van der Waals surface area contributed by atoms with Crippen LogP contribution in [0.3, 0.4) is 0 Å². The van der Waals surface area contributed by atoms with Crippen LogP contribution in [0, 0.1) is 5.92 Å². The van der Waals surface area contributed by atoms with Crippen molar-refractivity contribution >= 4 is 17.2 Å². The molecule has 1 amide bonds. The van der Waals surface area contributed by atoms with E-state index in [9.17, 15) is 4.79 Å². The summed E-state index contributed by atoms with van der Waals surface area (Å²) in [6, 6.07) is 4.10. The first-order chi connectivity index (χ1) is 9.29. The summed E-state index contributed by atoms with van der Waals surface area (Å²) in [7, 11) is 1.67. The third-order valence-corrected chi connectivity index (χ3v) is 4.26. The monoisotopic (exact) mass is 279 g/mol. The maximum absolute atomic E-state index is 12.4. The van der Waals surface area contributed by atoms with Gasteiger partial charge in [0.2, 0.25) is 5.91 Å². The van der Waals surface area contributed by atoms with Crippen LogP contribution in [0.2, 0.25) is 0 Å². The lowest BCUT2D eigenvalue weighted by Crippen LogP contribution is -2.34. The van der Waals surface area contributed by atoms with Gasteiger partial charge in [0.1, 0.15) is 0 Å². The van der Waals surface area contributed by atoms with Crippen molar-refractivity contribution in [3.63, 3.8) is 0 Å². The molecule has 0 saturated heterocycles. The van der Waals surface area contributed by atoms with Gasteiger partial charge in [-0.15, -0.1) is 11.3 Å². The maximum Gasteiger partial charge on any atom is 0.223 e. The highest BCUT2D eigenvalue weighted by Crippen LogP contribution is 2.22. The molecule has 0 unspecified atom stereocenters. The fourth-order valence-corrected chi connectivity index (χ4v) is 3.02. The summed E-state index contributed by atoms with van der Waals surface area (Å²) in [5, 5.41) is 2.05. The first-order valence-corrected chi connectivity index (χ1v) is 7.63. The van der Waals surface area contributed by atoms with Crippen LogP contribution < -0.4 is 0 Å². The Balaban J connectivity index is 1.91. The minimum Gasteiger partial charge on any atom is -0.383 e. The molecule has 1 aromatic heterocycles. The number of nitrogens with zero attached hydrogens (tertiary/aromatic N) is 1. The number of methoxy groups -OCH3 is 1. The van der Waals surface area contributed by atoms with E-state index in [1.807, 2.05) is 16.3 Å². The zero-order chi connectivity index (χ0) is 13.5. The standard InChI is InChI=1S/C15H21NO2S/c1-18-9-8-16(12-14-7-4-10-19-14)15(17)11-13-5-2-3-6-13/h2,4-5,7,10,13H,3,6,8-9,11-12H2,1H3/t13-/m0/s1. The Morgan fingerprint density at radius 3 is 3.11 bits per heavy atom. The summed E-state index contributed by atoms with van der Waals surface area (Å²) >= 11 is 1.70. The van der Waals surface area contributed by atoms with Crippen molar-refractivity contribution in [3.8, 4) is 0 Å². The van der Waals surface area contributed by atoms with Gasteiger partial charge in [-0.2, -0.15) is 0 Å². The van der Waals surface area contributed by atoms with Crippen molar-refractivity contribution in [2.45, 2.75) is 25.8 Å². The largest absolute Gasteiger partial charge is 0.383 e. The number of thiophene rings is 1. The van der Waals surface area contributed by atoms with Crippen LogP contribution in [-0.4, -0.2) is 31.1 Å². The fraction of sp³-hybridized carbons (Fsp3) is 0.533. The van der Waals surface area contributed by atoms with Gasteiger partial charge in [-0.05, 0) is 30.2 Å². The third-order valence-electron chi connectivity index (χ3n) is 3.39. The molecule has 2 rings (SSSR count). The summed E-state index contributed by atoms with van der Waals surface area (Å²) in [4.78, 5) is 15.5. The molecule has 0 aromatic carbocycles. The second-order valence-corrected chi connectivity index (χ2v) is 5.89. The van der Waals surface area contributed by atoms with Gasteiger partial charge < -0.3 is 9.64 Å². The van der Waals surface area contributed by atoms with Crippen LogP contribution in [0.5, 0.6) is 0 Å². The molecule has 3 nitrogen and oxygen atoms in total.